The number of carbonyl (C=O) groups excluding carboxylic acids is 1. The quantitative estimate of drug-likeness (QED) is 0.727. The molecule has 1 aliphatic carbocycles. The topological polar surface area (TPSA) is 80.9 Å². The highest BCUT2D eigenvalue weighted by atomic mass is 32.1. The van der Waals surface area contributed by atoms with Crippen LogP contribution in [0.15, 0.2) is 18.3 Å². The van der Waals surface area contributed by atoms with Gasteiger partial charge in [0.15, 0.2) is 5.82 Å². The van der Waals surface area contributed by atoms with Gasteiger partial charge in [0.1, 0.15) is 0 Å². The molecule has 0 saturated heterocycles. The lowest BCUT2D eigenvalue weighted by Crippen LogP contribution is -2.35. The molecule has 1 saturated carbocycles. The lowest BCUT2D eigenvalue weighted by molar-refractivity contribution is -0.118. The molecule has 78 valence electrons. The van der Waals surface area contributed by atoms with Crippen LogP contribution in [-0.2, 0) is 4.79 Å². The standard InChI is InChI=1S/C9H10N4OS/c10-7(15)9(3-4-9)8(14)12-6-2-1-5-11-13-6/h1-2,5H,3-4H2,(H2,10,15)(H,12,13,14). The molecule has 3 N–H and O–H groups in total. The van der Waals surface area contributed by atoms with E-state index in [2.05, 4.69) is 15.5 Å². The van der Waals surface area contributed by atoms with Crippen molar-refractivity contribution >= 4 is 28.9 Å². The zero-order chi connectivity index (χ0) is 10.9. The van der Waals surface area contributed by atoms with Crippen LogP contribution in [-0.4, -0.2) is 21.1 Å². The molecule has 0 aliphatic heterocycles. The van der Waals surface area contributed by atoms with Gasteiger partial charge < -0.3 is 11.1 Å². The monoisotopic (exact) mass is 222 g/mol. The summed E-state index contributed by atoms with van der Waals surface area (Å²) < 4.78 is 0. The number of anilines is 1. The highest BCUT2D eigenvalue weighted by Gasteiger charge is 2.52. The third-order valence-corrected chi connectivity index (χ3v) is 2.86. The number of nitrogens with zero attached hydrogens (tertiary/aromatic N) is 2. The first kappa shape index (κ1) is 9.97. The summed E-state index contributed by atoms with van der Waals surface area (Å²) >= 11 is 4.87. The first-order chi connectivity index (χ1) is 7.15. The predicted octanol–water partition coefficient (Wildman–Crippen LogP) is 0.481. The molecule has 0 bridgehead atoms. The van der Waals surface area contributed by atoms with E-state index in [1.165, 1.54) is 6.20 Å². The molecule has 6 heteroatoms. The maximum absolute atomic E-state index is 11.8. The Balaban J connectivity index is 2.08. The molecule has 1 aromatic heterocycles. The second-order valence-corrected chi connectivity index (χ2v) is 3.95. The SMILES string of the molecule is NC(=S)C1(C(=O)Nc2cccnn2)CC1. The summed E-state index contributed by atoms with van der Waals surface area (Å²) in [5.41, 5.74) is 4.88. The van der Waals surface area contributed by atoms with E-state index in [1.54, 1.807) is 12.1 Å². The van der Waals surface area contributed by atoms with Gasteiger partial charge in [0.25, 0.3) is 0 Å². The van der Waals surface area contributed by atoms with Crippen LogP contribution in [0.1, 0.15) is 12.8 Å². The number of aromatic nitrogens is 2. The molecule has 2 rings (SSSR count). The minimum Gasteiger partial charge on any atom is -0.392 e. The average Bonchev–Trinajstić information content (AvgIpc) is 2.99. The number of hydrogen-bond donors (Lipinski definition) is 2. The van der Waals surface area contributed by atoms with Gasteiger partial charge in [-0.15, -0.1) is 5.10 Å². The molecule has 1 heterocycles. The second kappa shape index (κ2) is 3.54. The Morgan fingerprint density at radius 2 is 2.33 bits per heavy atom. The highest BCUT2D eigenvalue weighted by molar-refractivity contribution is 7.80. The maximum Gasteiger partial charge on any atom is 0.238 e. The van der Waals surface area contributed by atoms with Crippen LogP contribution in [0.3, 0.4) is 0 Å². The van der Waals surface area contributed by atoms with E-state index in [-0.39, 0.29) is 10.9 Å². The van der Waals surface area contributed by atoms with E-state index >= 15 is 0 Å². The van der Waals surface area contributed by atoms with Crippen LogP contribution in [0.5, 0.6) is 0 Å². The molecule has 1 fully saturated rings. The van der Waals surface area contributed by atoms with E-state index in [0.29, 0.717) is 18.7 Å². The van der Waals surface area contributed by atoms with Crippen molar-refractivity contribution < 1.29 is 4.79 Å². The molecule has 5 nitrogen and oxygen atoms in total. The molecule has 0 aromatic carbocycles. The lowest BCUT2D eigenvalue weighted by atomic mass is 10.1. The number of amides is 1. The molecule has 0 atom stereocenters. The van der Waals surface area contributed by atoms with Gasteiger partial charge in [-0.25, -0.2) is 0 Å². The predicted molar refractivity (Wildman–Crippen MR) is 59.1 cm³/mol. The summed E-state index contributed by atoms with van der Waals surface area (Å²) in [5, 5.41) is 10.1. The summed E-state index contributed by atoms with van der Waals surface area (Å²) in [6.45, 7) is 0. The van der Waals surface area contributed by atoms with Crippen molar-refractivity contribution in [1.82, 2.24) is 10.2 Å². The van der Waals surface area contributed by atoms with Crippen molar-refractivity contribution in [2.75, 3.05) is 5.32 Å². The summed E-state index contributed by atoms with van der Waals surface area (Å²) in [5.74, 6) is 0.237. The van der Waals surface area contributed by atoms with E-state index in [4.69, 9.17) is 18.0 Å². The molecule has 0 unspecified atom stereocenters. The Morgan fingerprint density at radius 3 is 2.80 bits per heavy atom. The van der Waals surface area contributed by atoms with Gasteiger partial charge in [-0.1, -0.05) is 12.2 Å². The lowest BCUT2D eigenvalue weighted by Gasteiger charge is -2.12. The number of rotatable bonds is 3. The fourth-order valence-corrected chi connectivity index (χ4v) is 1.61. The van der Waals surface area contributed by atoms with Crippen LogP contribution in [0, 0.1) is 5.41 Å². The number of nitrogens with one attached hydrogen (secondary N) is 1. The molecule has 15 heavy (non-hydrogen) atoms. The summed E-state index contributed by atoms with van der Waals surface area (Å²) in [7, 11) is 0. The van der Waals surface area contributed by atoms with Crippen LogP contribution in [0.4, 0.5) is 5.82 Å². The van der Waals surface area contributed by atoms with Gasteiger partial charge in [0.05, 0.1) is 10.4 Å². The van der Waals surface area contributed by atoms with Gasteiger partial charge in [0, 0.05) is 6.20 Å². The Morgan fingerprint density at radius 1 is 1.60 bits per heavy atom. The zero-order valence-electron chi connectivity index (χ0n) is 7.93. The third kappa shape index (κ3) is 1.80. The highest BCUT2D eigenvalue weighted by Crippen LogP contribution is 2.46. The third-order valence-electron chi connectivity index (χ3n) is 2.47. The molecular formula is C9H10N4OS. The number of nitrogens with two attached hydrogens (primary N) is 1. The van der Waals surface area contributed by atoms with Crippen molar-refractivity contribution in [3.63, 3.8) is 0 Å². The molecule has 0 radical (unpaired) electrons. The average molecular weight is 222 g/mol. The fourth-order valence-electron chi connectivity index (χ4n) is 1.31. The summed E-state index contributed by atoms with van der Waals surface area (Å²) in [6.07, 6.45) is 2.97. The van der Waals surface area contributed by atoms with Gasteiger partial charge in [-0.05, 0) is 25.0 Å². The molecule has 0 spiro atoms. The van der Waals surface area contributed by atoms with Crippen LogP contribution in [0.25, 0.3) is 0 Å². The van der Waals surface area contributed by atoms with Crippen molar-refractivity contribution in [3.8, 4) is 0 Å². The number of carbonyl (C=O) groups is 1. The fraction of sp³-hybridized carbons (Fsp3) is 0.333. The van der Waals surface area contributed by atoms with Crippen LogP contribution in [0.2, 0.25) is 0 Å². The van der Waals surface area contributed by atoms with Crippen molar-refractivity contribution in [2.45, 2.75) is 12.8 Å². The van der Waals surface area contributed by atoms with E-state index in [0.717, 1.165) is 0 Å². The number of thiocarbonyl (C=S) groups is 1. The normalized spacial score (nSPS) is 16.8. The van der Waals surface area contributed by atoms with E-state index in [1.807, 2.05) is 0 Å². The van der Waals surface area contributed by atoms with E-state index in [9.17, 15) is 4.79 Å². The van der Waals surface area contributed by atoms with Gasteiger partial charge >= 0.3 is 0 Å². The smallest absolute Gasteiger partial charge is 0.238 e. The number of hydrogen-bond acceptors (Lipinski definition) is 4. The molecule has 1 aliphatic rings. The minimum absolute atomic E-state index is 0.185. The maximum atomic E-state index is 11.8. The summed E-state index contributed by atoms with van der Waals surface area (Å²) in [6, 6.07) is 3.36. The van der Waals surface area contributed by atoms with Crippen molar-refractivity contribution in [1.29, 1.82) is 0 Å². The van der Waals surface area contributed by atoms with Crippen molar-refractivity contribution in [2.24, 2.45) is 11.1 Å². The largest absolute Gasteiger partial charge is 0.392 e. The summed E-state index contributed by atoms with van der Waals surface area (Å²) in [4.78, 5) is 12.0. The van der Waals surface area contributed by atoms with Crippen LogP contribution >= 0.6 is 12.2 Å². The Bertz CT molecular complexity index is 402. The van der Waals surface area contributed by atoms with E-state index < -0.39 is 5.41 Å². The molecule has 1 aromatic rings. The van der Waals surface area contributed by atoms with Gasteiger partial charge in [-0.2, -0.15) is 5.10 Å². The Labute approximate surface area is 92.1 Å². The first-order valence-corrected chi connectivity index (χ1v) is 4.95. The second-order valence-electron chi connectivity index (χ2n) is 3.51. The first-order valence-electron chi connectivity index (χ1n) is 4.54. The molecule has 1 amide bonds. The van der Waals surface area contributed by atoms with Crippen LogP contribution < -0.4 is 11.1 Å². The van der Waals surface area contributed by atoms with Gasteiger partial charge in [-0.3, -0.25) is 4.79 Å². The Hall–Kier alpha value is -1.56. The van der Waals surface area contributed by atoms with Crippen molar-refractivity contribution in [3.05, 3.63) is 18.3 Å². The minimum atomic E-state index is -0.646. The Kier molecular flexibility index (Phi) is 2.36. The molecular weight excluding hydrogens is 212 g/mol. The zero-order valence-corrected chi connectivity index (χ0v) is 8.75. The van der Waals surface area contributed by atoms with Gasteiger partial charge in [0.2, 0.25) is 5.91 Å².